The number of aliphatic imine (C=N–C) groups is 1. The van der Waals surface area contributed by atoms with E-state index < -0.39 is 0 Å². The van der Waals surface area contributed by atoms with E-state index in [1.165, 1.54) is 5.57 Å². The lowest BCUT2D eigenvalue weighted by Crippen LogP contribution is -2.17. The largest absolute Gasteiger partial charge is 0.265 e. The van der Waals surface area contributed by atoms with E-state index in [1.54, 1.807) is 0 Å². The van der Waals surface area contributed by atoms with Gasteiger partial charge in [-0.2, -0.15) is 0 Å². The summed E-state index contributed by atoms with van der Waals surface area (Å²) in [6.45, 7) is 19.0. The highest BCUT2D eigenvalue weighted by Crippen LogP contribution is 2.37. The second kappa shape index (κ2) is 4.78. The maximum Gasteiger partial charge on any atom is 0.0490 e. The summed E-state index contributed by atoms with van der Waals surface area (Å²) in [4.78, 5) is 4.52. The average Bonchev–Trinajstić information content (AvgIpc) is 2.00. The predicted molar refractivity (Wildman–Crippen MR) is 70.3 cm³/mol. The molecular formula is C14H25N. The van der Waals surface area contributed by atoms with Gasteiger partial charge in [-0.25, -0.2) is 0 Å². The van der Waals surface area contributed by atoms with Gasteiger partial charge in [0.05, 0.1) is 0 Å². The van der Waals surface area contributed by atoms with Crippen LogP contribution in [0.3, 0.4) is 0 Å². The van der Waals surface area contributed by atoms with E-state index in [1.807, 2.05) is 19.2 Å². The third kappa shape index (κ3) is 4.03. The second-order valence-corrected chi connectivity index (χ2v) is 5.85. The molecule has 0 fully saturated rings. The summed E-state index contributed by atoms with van der Waals surface area (Å²) in [5, 5.41) is 0. The molecule has 0 aromatic heterocycles. The van der Waals surface area contributed by atoms with E-state index in [0.29, 0.717) is 0 Å². The lowest BCUT2D eigenvalue weighted by molar-refractivity contribution is 0.450. The van der Waals surface area contributed by atoms with Crippen molar-refractivity contribution in [1.29, 1.82) is 0 Å². The van der Waals surface area contributed by atoms with E-state index in [9.17, 15) is 0 Å². The fourth-order valence-corrected chi connectivity index (χ4v) is 1.55. The zero-order chi connectivity index (χ0) is 12.3. The van der Waals surface area contributed by atoms with Gasteiger partial charge in [-0.1, -0.05) is 54.2 Å². The van der Waals surface area contributed by atoms with Gasteiger partial charge >= 0.3 is 0 Å². The highest BCUT2D eigenvalue weighted by Gasteiger charge is 2.25. The van der Waals surface area contributed by atoms with Crippen molar-refractivity contribution < 1.29 is 0 Å². The third-order valence-corrected chi connectivity index (χ3v) is 2.24. The molecule has 0 aromatic rings. The van der Waals surface area contributed by atoms with Crippen molar-refractivity contribution in [2.24, 2.45) is 15.8 Å². The van der Waals surface area contributed by atoms with Crippen molar-refractivity contribution in [3.8, 4) is 0 Å². The molecule has 0 heterocycles. The van der Waals surface area contributed by atoms with Crippen LogP contribution in [0.1, 0.15) is 48.5 Å². The summed E-state index contributed by atoms with van der Waals surface area (Å²) in [5.41, 5.74) is 2.51. The van der Waals surface area contributed by atoms with E-state index in [-0.39, 0.29) is 10.8 Å². The minimum atomic E-state index is 0.0588. The Labute approximate surface area is 95.0 Å². The molecule has 0 saturated heterocycles. The van der Waals surface area contributed by atoms with Crippen molar-refractivity contribution >= 4 is 6.21 Å². The van der Waals surface area contributed by atoms with Crippen molar-refractivity contribution in [3.63, 3.8) is 0 Å². The van der Waals surface area contributed by atoms with Crippen LogP contribution in [0.15, 0.2) is 28.9 Å². The van der Waals surface area contributed by atoms with Crippen molar-refractivity contribution in [3.05, 3.63) is 23.9 Å². The molecule has 86 valence electrons. The minimum Gasteiger partial charge on any atom is -0.265 e. The molecule has 0 aromatic carbocycles. The van der Waals surface area contributed by atoms with E-state index in [2.05, 4.69) is 53.1 Å². The number of rotatable bonds is 2. The average molecular weight is 207 g/mol. The molecule has 0 saturated carbocycles. The lowest BCUT2D eigenvalue weighted by atomic mass is 9.78. The molecule has 0 aliphatic rings. The zero-order valence-corrected chi connectivity index (χ0v) is 11.3. The van der Waals surface area contributed by atoms with Crippen LogP contribution in [-0.2, 0) is 0 Å². The Bertz CT molecular complexity index is 279. The lowest BCUT2D eigenvalue weighted by Gasteiger charge is -2.29. The molecule has 0 N–H and O–H groups in total. The summed E-state index contributed by atoms with van der Waals surface area (Å²) >= 11 is 0. The van der Waals surface area contributed by atoms with Crippen LogP contribution >= 0.6 is 0 Å². The number of hydrogen-bond donors (Lipinski definition) is 0. The minimum absolute atomic E-state index is 0.0588. The van der Waals surface area contributed by atoms with Gasteiger partial charge in [-0.15, -0.1) is 0 Å². The smallest absolute Gasteiger partial charge is 0.0490 e. The van der Waals surface area contributed by atoms with E-state index >= 15 is 0 Å². The van der Waals surface area contributed by atoms with Crippen LogP contribution in [0.5, 0.6) is 0 Å². The van der Waals surface area contributed by atoms with Crippen LogP contribution in [-0.4, -0.2) is 6.21 Å². The normalized spacial score (nSPS) is 15.4. The van der Waals surface area contributed by atoms with Crippen LogP contribution < -0.4 is 0 Å². The van der Waals surface area contributed by atoms with Crippen LogP contribution in [0, 0.1) is 10.8 Å². The van der Waals surface area contributed by atoms with E-state index in [0.717, 1.165) is 5.70 Å². The number of hydrogen-bond acceptors (Lipinski definition) is 1. The summed E-state index contributed by atoms with van der Waals surface area (Å²) in [5.74, 6) is 0. The van der Waals surface area contributed by atoms with Gasteiger partial charge in [0.25, 0.3) is 0 Å². The van der Waals surface area contributed by atoms with E-state index in [4.69, 9.17) is 0 Å². The Morgan fingerprint density at radius 1 is 1.00 bits per heavy atom. The first-order valence-electron chi connectivity index (χ1n) is 5.51. The molecule has 1 heteroatoms. The van der Waals surface area contributed by atoms with Gasteiger partial charge in [0.1, 0.15) is 0 Å². The first-order chi connectivity index (χ1) is 6.64. The maximum absolute atomic E-state index is 4.52. The Kier molecular flexibility index (Phi) is 4.51. The molecule has 1 nitrogen and oxygen atoms in total. The zero-order valence-electron chi connectivity index (χ0n) is 11.3. The first-order valence-corrected chi connectivity index (χ1v) is 5.51. The summed E-state index contributed by atoms with van der Waals surface area (Å²) in [6, 6.07) is 0. The molecule has 0 bridgehead atoms. The third-order valence-electron chi connectivity index (χ3n) is 2.24. The quantitative estimate of drug-likeness (QED) is 0.463. The van der Waals surface area contributed by atoms with Crippen LogP contribution in [0.4, 0.5) is 0 Å². The highest BCUT2D eigenvalue weighted by atomic mass is 14.8. The van der Waals surface area contributed by atoms with Gasteiger partial charge in [-0.3, -0.25) is 4.99 Å². The highest BCUT2D eigenvalue weighted by molar-refractivity contribution is 5.56. The molecule has 0 rings (SSSR count). The topological polar surface area (TPSA) is 12.4 Å². The van der Waals surface area contributed by atoms with Crippen molar-refractivity contribution in [2.75, 3.05) is 0 Å². The second-order valence-electron chi connectivity index (χ2n) is 5.85. The van der Waals surface area contributed by atoms with Crippen molar-refractivity contribution in [1.82, 2.24) is 0 Å². The predicted octanol–water partition coefficient (Wildman–Crippen LogP) is 4.61. The molecule has 0 spiro atoms. The van der Waals surface area contributed by atoms with Crippen LogP contribution in [0.25, 0.3) is 0 Å². The van der Waals surface area contributed by atoms with Gasteiger partial charge in [0, 0.05) is 17.3 Å². The molecular weight excluding hydrogens is 182 g/mol. The summed E-state index contributed by atoms with van der Waals surface area (Å²) in [7, 11) is 0. The number of allylic oxidation sites excluding steroid dienone is 3. The maximum atomic E-state index is 4.52. The Morgan fingerprint density at radius 3 is 1.67 bits per heavy atom. The molecule has 0 unspecified atom stereocenters. The Hall–Kier alpha value is -0.850. The van der Waals surface area contributed by atoms with Crippen molar-refractivity contribution in [2.45, 2.75) is 48.5 Å². The van der Waals surface area contributed by atoms with Gasteiger partial charge < -0.3 is 0 Å². The molecule has 15 heavy (non-hydrogen) atoms. The fourth-order valence-electron chi connectivity index (χ4n) is 1.55. The van der Waals surface area contributed by atoms with Gasteiger partial charge in [0.15, 0.2) is 0 Å². The summed E-state index contributed by atoms with van der Waals surface area (Å²) < 4.78 is 0. The van der Waals surface area contributed by atoms with Gasteiger partial charge in [-0.05, 0) is 17.9 Å². The Morgan fingerprint density at radius 2 is 1.47 bits per heavy atom. The Balaban J connectivity index is 5.72. The molecule has 0 radical (unpaired) electrons. The van der Waals surface area contributed by atoms with Crippen LogP contribution in [0.2, 0.25) is 0 Å². The SMILES string of the molecule is C=C/C(=C(\N=C/C)C(C)(C)C)C(C)(C)C. The standard InChI is InChI=1S/C14H25N/c1-9-11(13(3,4)5)12(15-10-2)14(6,7)8/h9-10H,1H2,2-8H3/b12-11+,15-10-. The molecule has 0 atom stereocenters. The first kappa shape index (κ1) is 14.2. The molecule has 0 amide bonds. The molecule has 0 aliphatic heterocycles. The monoisotopic (exact) mass is 207 g/mol. The fraction of sp³-hybridized carbons (Fsp3) is 0.643. The molecule has 0 aliphatic carbocycles. The number of nitrogens with zero attached hydrogens (tertiary/aromatic N) is 1. The summed E-state index contributed by atoms with van der Waals surface area (Å²) in [6.07, 6.45) is 3.80. The van der Waals surface area contributed by atoms with Gasteiger partial charge in [0.2, 0.25) is 0 Å².